The van der Waals surface area contributed by atoms with Crippen LogP contribution in [0.15, 0.2) is 11.3 Å². The molecule has 1 heteroatoms. The number of nitrogens with two attached hydrogens (primary N) is 1. The summed E-state index contributed by atoms with van der Waals surface area (Å²) in [7, 11) is 0. The summed E-state index contributed by atoms with van der Waals surface area (Å²) in [6, 6.07) is 0. The summed E-state index contributed by atoms with van der Waals surface area (Å²) in [6.45, 7) is 6.48. The summed E-state index contributed by atoms with van der Waals surface area (Å²) >= 11 is 0. The highest BCUT2D eigenvalue weighted by Gasteiger charge is 1.96. The van der Waals surface area contributed by atoms with Crippen LogP contribution in [0, 0.1) is 0 Å². The molecule has 0 saturated heterocycles. The largest absolute Gasteiger partial charge is 0.402 e. The number of hydrogen-bond donors (Lipinski definition) is 1. The smallest absolute Gasteiger partial charge is 0.00379 e. The van der Waals surface area contributed by atoms with E-state index in [0.717, 1.165) is 5.70 Å². The van der Waals surface area contributed by atoms with Crippen LogP contribution in [0.5, 0.6) is 0 Å². The van der Waals surface area contributed by atoms with Gasteiger partial charge in [0.1, 0.15) is 0 Å². The van der Waals surface area contributed by atoms with E-state index in [4.69, 9.17) is 5.73 Å². The Kier molecular flexibility index (Phi) is 18.5. The first kappa shape index (κ1) is 23.5. The van der Waals surface area contributed by atoms with E-state index in [0.29, 0.717) is 0 Å². The molecule has 0 aliphatic carbocycles. The molecule has 1 nitrogen and oxygen atoms in total. The minimum absolute atomic E-state index is 1.02. The Balaban J connectivity index is 3.07. The minimum Gasteiger partial charge on any atom is -0.402 e. The summed E-state index contributed by atoms with van der Waals surface area (Å²) in [4.78, 5) is 0. The molecular weight excluding hydrogens is 290 g/mol. The Morgan fingerprint density at radius 1 is 0.500 bits per heavy atom. The second kappa shape index (κ2) is 18.9. The molecule has 2 N–H and O–H groups in total. The third kappa shape index (κ3) is 17.9. The summed E-state index contributed by atoms with van der Waals surface area (Å²) in [5.74, 6) is 0. The Morgan fingerprint density at radius 2 is 0.792 bits per heavy atom. The first-order valence-corrected chi connectivity index (χ1v) is 11.1. The molecule has 0 rings (SSSR count). The summed E-state index contributed by atoms with van der Waals surface area (Å²) in [6.07, 6.45) is 25.7. The molecule has 0 fully saturated rings. The van der Waals surface area contributed by atoms with E-state index >= 15 is 0 Å². The Bertz CT molecular complexity index is 276. The minimum atomic E-state index is 1.02. The SMILES string of the molecule is CCCCCCCCCCCCCCCCCCCC(C)=C(C)N. The van der Waals surface area contributed by atoms with Gasteiger partial charge < -0.3 is 5.73 Å². The molecule has 0 aromatic rings. The van der Waals surface area contributed by atoms with E-state index in [9.17, 15) is 0 Å². The highest BCUT2D eigenvalue weighted by Crippen LogP contribution is 2.15. The highest BCUT2D eigenvalue weighted by atomic mass is 14.6. The lowest BCUT2D eigenvalue weighted by atomic mass is 10.0. The fourth-order valence-electron chi connectivity index (χ4n) is 3.31. The maximum Gasteiger partial charge on any atom is 0.00379 e. The van der Waals surface area contributed by atoms with Gasteiger partial charge in [-0.25, -0.2) is 0 Å². The first-order chi connectivity index (χ1) is 11.7. The molecule has 144 valence electrons. The molecule has 0 aliphatic rings. The Morgan fingerprint density at radius 3 is 1.08 bits per heavy atom. The van der Waals surface area contributed by atoms with Crippen molar-refractivity contribution >= 4 is 0 Å². The van der Waals surface area contributed by atoms with Gasteiger partial charge in [0.2, 0.25) is 0 Å². The van der Waals surface area contributed by atoms with Crippen LogP contribution in [0.3, 0.4) is 0 Å². The second-order valence-electron chi connectivity index (χ2n) is 7.87. The molecule has 0 heterocycles. The van der Waals surface area contributed by atoms with Crippen LogP contribution in [-0.4, -0.2) is 0 Å². The third-order valence-corrected chi connectivity index (χ3v) is 5.33. The number of unbranched alkanes of at least 4 members (excludes halogenated alkanes) is 16. The fraction of sp³-hybridized carbons (Fsp3) is 0.913. The number of allylic oxidation sites excluding steroid dienone is 2. The van der Waals surface area contributed by atoms with Crippen molar-refractivity contribution in [3.8, 4) is 0 Å². The van der Waals surface area contributed by atoms with Crippen LogP contribution < -0.4 is 5.73 Å². The van der Waals surface area contributed by atoms with E-state index in [1.165, 1.54) is 121 Å². The van der Waals surface area contributed by atoms with E-state index in [1.807, 2.05) is 6.92 Å². The van der Waals surface area contributed by atoms with Crippen LogP contribution in [0.4, 0.5) is 0 Å². The Hall–Kier alpha value is -0.460. The fourth-order valence-corrected chi connectivity index (χ4v) is 3.31. The quantitative estimate of drug-likeness (QED) is 0.250. The molecule has 0 spiro atoms. The zero-order valence-electron chi connectivity index (χ0n) is 17.3. The maximum atomic E-state index is 5.79. The maximum absolute atomic E-state index is 5.79. The van der Waals surface area contributed by atoms with Crippen molar-refractivity contribution in [3.05, 3.63) is 11.3 Å². The highest BCUT2D eigenvalue weighted by molar-refractivity contribution is 5.04. The lowest BCUT2D eigenvalue weighted by Gasteiger charge is -2.05. The van der Waals surface area contributed by atoms with Crippen molar-refractivity contribution in [2.24, 2.45) is 5.73 Å². The zero-order chi connectivity index (χ0) is 17.9. The predicted octanol–water partition coefficient (Wildman–Crippen LogP) is 8.28. The van der Waals surface area contributed by atoms with Gasteiger partial charge in [0.15, 0.2) is 0 Å². The van der Waals surface area contributed by atoms with E-state index in [-0.39, 0.29) is 0 Å². The van der Waals surface area contributed by atoms with Gasteiger partial charge in [-0.15, -0.1) is 0 Å². The van der Waals surface area contributed by atoms with Crippen molar-refractivity contribution in [3.63, 3.8) is 0 Å². The van der Waals surface area contributed by atoms with Gasteiger partial charge in [-0.2, -0.15) is 0 Å². The van der Waals surface area contributed by atoms with Gasteiger partial charge in [0, 0.05) is 5.70 Å². The molecule has 0 amide bonds. The average Bonchev–Trinajstić information content (AvgIpc) is 2.57. The van der Waals surface area contributed by atoms with Gasteiger partial charge in [-0.3, -0.25) is 0 Å². The number of hydrogen-bond acceptors (Lipinski definition) is 1. The average molecular weight is 338 g/mol. The van der Waals surface area contributed by atoms with Crippen molar-refractivity contribution in [2.75, 3.05) is 0 Å². The molecule has 0 aromatic heterocycles. The van der Waals surface area contributed by atoms with Crippen LogP contribution in [-0.2, 0) is 0 Å². The molecule has 0 saturated carbocycles. The molecule has 0 aromatic carbocycles. The monoisotopic (exact) mass is 337 g/mol. The Labute approximate surface area is 153 Å². The standard InChI is InChI=1S/C23H47N/c1-4-5-6-7-8-9-10-11-12-13-14-15-16-17-18-19-20-21-22(2)23(3)24/h4-21,24H2,1-3H3. The molecule has 0 radical (unpaired) electrons. The summed E-state index contributed by atoms with van der Waals surface area (Å²) < 4.78 is 0. The van der Waals surface area contributed by atoms with Crippen LogP contribution >= 0.6 is 0 Å². The topological polar surface area (TPSA) is 26.0 Å². The third-order valence-electron chi connectivity index (χ3n) is 5.33. The second-order valence-corrected chi connectivity index (χ2v) is 7.87. The molecule has 0 aliphatic heterocycles. The van der Waals surface area contributed by atoms with E-state index < -0.39 is 0 Å². The zero-order valence-corrected chi connectivity index (χ0v) is 17.3. The molecule has 24 heavy (non-hydrogen) atoms. The van der Waals surface area contributed by atoms with E-state index in [2.05, 4.69) is 13.8 Å². The normalized spacial score (nSPS) is 12.5. The van der Waals surface area contributed by atoms with Gasteiger partial charge >= 0.3 is 0 Å². The van der Waals surface area contributed by atoms with Crippen LogP contribution in [0.1, 0.15) is 136 Å². The van der Waals surface area contributed by atoms with Gasteiger partial charge in [-0.1, -0.05) is 115 Å². The lowest BCUT2D eigenvalue weighted by molar-refractivity contribution is 0.527. The van der Waals surface area contributed by atoms with Crippen LogP contribution in [0.2, 0.25) is 0 Å². The number of rotatable bonds is 18. The van der Waals surface area contributed by atoms with Gasteiger partial charge in [-0.05, 0) is 26.7 Å². The molecule has 0 bridgehead atoms. The van der Waals surface area contributed by atoms with Crippen LogP contribution in [0.25, 0.3) is 0 Å². The summed E-state index contributed by atoms with van der Waals surface area (Å²) in [5, 5.41) is 0. The molecular formula is C23H47N. The van der Waals surface area contributed by atoms with Crippen molar-refractivity contribution in [2.45, 2.75) is 136 Å². The van der Waals surface area contributed by atoms with Crippen molar-refractivity contribution in [1.29, 1.82) is 0 Å². The van der Waals surface area contributed by atoms with Crippen molar-refractivity contribution < 1.29 is 0 Å². The molecule has 0 unspecified atom stereocenters. The molecule has 0 atom stereocenters. The van der Waals surface area contributed by atoms with Gasteiger partial charge in [0.05, 0.1) is 0 Å². The van der Waals surface area contributed by atoms with Gasteiger partial charge in [0.25, 0.3) is 0 Å². The lowest BCUT2D eigenvalue weighted by Crippen LogP contribution is -1.95. The summed E-state index contributed by atoms with van der Waals surface area (Å²) in [5.41, 5.74) is 8.19. The van der Waals surface area contributed by atoms with E-state index in [1.54, 1.807) is 0 Å². The predicted molar refractivity (Wildman–Crippen MR) is 111 cm³/mol. The van der Waals surface area contributed by atoms with Crippen molar-refractivity contribution in [1.82, 2.24) is 0 Å². The first-order valence-electron chi connectivity index (χ1n) is 11.1.